The van der Waals surface area contributed by atoms with E-state index in [-0.39, 0.29) is 5.56 Å². The summed E-state index contributed by atoms with van der Waals surface area (Å²) in [6.07, 6.45) is 5.17. The van der Waals surface area contributed by atoms with Crippen molar-refractivity contribution in [3.63, 3.8) is 0 Å². The first-order valence-electron chi connectivity index (χ1n) is 7.03. The van der Waals surface area contributed by atoms with Gasteiger partial charge in [0, 0.05) is 43.9 Å². The highest BCUT2D eigenvalue weighted by Crippen LogP contribution is 2.20. The van der Waals surface area contributed by atoms with Crippen molar-refractivity contribution >= 4 is 28.3 Å². The molecule has 3 aromatic rings. The maximum Gasteiger partial charge on any atom is 0.268 e. The molecule has 0 atom stereocenters. The number of hydrogen-bond acceptors (Lipinski definition) is 4. The Kier molecular flexibility index (Phi) is 4.42. The van der Waals surface area contributed by atoms with Gasteiger partial charge in [-0.2, -0.15) is 0 Å². The van der Waals surface area contributed by atoms with E-state index < -0.39 is 0 Å². The molecule has 0 amide bonds. The average Bonchev–Trinajstić information content (AvgIpc) is 2.58. The maximum atomic E-state index is 12.5. The molecule has 2 heterocycles. The van der Waals surface area contributed by atoms with Crippen molar-refractivity contribution in [2.24, 2.45) is 0 Å². The third-order valence-corrected chi connectivity index (χ3v) is 4.19. The van der Waals surface area contributed by atoms with Gasteiger partial charge in [0.1, 0.15) is 0 Å². The zero-order chi connectivity index (χ0) is 16.4. The standard InChI is InChI=1S/C17H15IN4O/c1-21(2)13-5-3-6-14(10-13)22-11-12(9-15(18)17(22)23)16-19-7-4-8-20-16/h3-11H,1-2H3. The van der Waals surface area contributed by atoms with Gasteiger partial charge in [0.2, 0.25) is 0 Å². The summed E-state index contributed by atoms with van der Waals surface area (Å²) in [5.41, 5.74) is 2.61. The van der Waals surface area contributed by atoms with Crippen molar-refractivity contribution in [2.75, 3.05) is 19.0 Å². The number of anilines is 1. The summed E-state index contributed by atoms with van der Waals surface area (Å²) in [5.74, 6) is 0.600. The molecule has 116 valence electrons. The second-order valence-corrected chi connectivity index (χ2v) is 6.40. The van der Waals surface area contributed by atoms with Gasteiger partial charge >= 0.3 is 0 Å². The fourth-order valence-electron chi connectivity index (χ4n) is 2.23. The van der Waals surface area contributed by atoms with Gasteiger partial charge < -0.3 is 4.90 Å². The molecule has 23 heavy (non-hydrogen) atoms. The normalized spacial score (nSPS) is 10.6. The summed E-state index contributed by atoms with van der Waals surface area (Å²) in [5, 5.41) is 0. The van der Waals surface area contributed by atoms with Crippen molar-refractivity contribution in [3.8, 4) is 17.1 Å². The lowest BCUT2D eigenvalue weighted by atomic mass is 10.2. The quantitative estimate of drug-likeness (QED) is 0.614. The molecule has 0 aliphatic heterocycles. The van der Waals surface area contributed by atoms with Gasteiger partial charge in [-0.05, 0) is 52.9 Å². The molecular formula is C17H15IN4O. The second kappa shape index (κ2) is 6.49. The highest BCUT2D eigenvalue weighted by molar-refractivity contribution is 14.1. The minimum atomic E-state index is -0.0545. The number of rotatable bonds is 3. The first-order valence-corrected chi connectivity index (χ1v) is 8.11. The first kappa shape index (κ1) is 15.7. The largest absolute Gasteiger partial charge is 0.378 e. The Morgan fingerprint density at radius 3 is 2.52 bits per heavy atom. The molecule has 0 aliphatic carbocycles. The van der Waals surface area contributed by atoms with Crippen LogP contribution in [-0.2, 0) is 0 Å². The lowest BCUT2D eigenvalue weighted by Crippen LogP contribution is -2.21. The third kappa shape index (κ3) is 3.26. The van der Waals surface area contributed by atoms with Crippen molar-refractivity contribution in [1.82, 2.24) is 14.5 Å². The number of hydrogen-bond donors (Lipinski definition) is 0. The Balaban J connectivity index is 2.18. The molecule has 0 spiro atoms. The molecule has 0 saturated heterocycles. The van der Waals surface area contributed by atoms with Gasteiger partial charge in [-0.15, -0.1) is 0 Å². The van der Waals surface area contributed by atoms with Gasteiger partial charge in [0.15, 0.2) is 5.82 Å². The van der Waals surface area contributed by atoms with Crippen LogP contribution >= 0.6 is 22.6 Å². The molecule has 0 N–H and O–H groups in total. The van der Waals surface area contributed by atoms with Crippen LogP contribution in [0.4, 0.5) is 5.69 Å². The van der Waals surface area contributed by atoms with Crippen molar-refractivity contribution in [1.29, 1.82) is 0 Å². The van der Waals surface area contributed by atoms with Gasteiger partial charge in [0.25, 0.3) is 5.56 Å². The Bertz CT molecular complexity index is 891. The topological polar surface area (TPSA) is 51.0 Å². The van der Waals surface area contributed by atoms with Gasteiger partial charge in [0.05, 0.1) is 9.26 Å². The van der Waals surface area contributed by atoms with E-state index in [0.717, 1.165) is 16.9 Å². The number of aromatic nitrogens is 3. The Morgan fingerprint density at radius 2 is 1.83 bits per heavy atom. The van der Waals surface area contributed by atoms with Crippen LogP contribution in [0.3, 0.4) is 0 Å². The second-order valence-electron chi connectivity index (χ2n) is 5.24. The molecule has 3 rings (SSSR count). The molecular weight excluding hydrogens is 403 g/mol. The summed E-state index contributed by atoms with van der Waals surface area (Å²) >= 11 is 2.05. The van der Waals surface area contributed by atoms with E-state index in [1.807, 2.05) is 49.3 Å². The van der Waals surface area contributed by atoms with Crippen LogP contribution in [0.2, 0.25) is 0 Å². The maximum absolute atomic E-state index is 12.5. The summed E-state index contributed by atoms with van der Waals surface area (Å²) in [6.45, 7) is 0. The lowest BCUT2D eigenvalue weighted by molar-refractivity contribution is 0.972. The first-order chi connectivity index (χ1) is 11.1. The monoisotopic (exact) mass is 418 g/mol. The van der Waals surface area contributed by atoms with Crippen molar-refractivity contribution < 1.29 is 0 Å². The predicted octanol–water partition coefficient (Wildman–Crippen LogP) is 2.97. The van der Waals surface area contributed by atoms with Crippen LogP contribution in [0, 0.1) is 3.57 Å². The molecule has 0 aliphatic rings. The SMILES string of the molecule is CN(C)c1cccc(-n2cc(-c3ncccn3)cc(I)c2=O)c1. The molecule has 6 heteroatoms. The molecule has 0 saturated carbocycles. The van der Waals surface area contributed by atoms with Gasteiger partial charge in [-0.25, -0.2) is 9.97 Å². The Hall–Kier alpha value is -2.22. The van der Waals surface area contributed by atoms with E-state index in [2.05, 4.69) is 32.6 Å². The minimum absolute atomic E-state index is 0.0545. The number of pyridine rings is 1. The molecule has 5 nitrogen and oxygen atoms in total. The molecule has 1 aromatic carbocycles. The van der Waals surface area contributed by atoms with E-state index >= 15 is 0 Å². The van der Waals surface area contributed by atoms with E-state index in [1.165, 1.54) is 0 Å². The van der Waals surface area contributed by atoms with Crippen LogP contribution in [0.5, 0.6) is 0 Å². The van der Waals surface area contributed by atoms with Crippen LogP contribution in [-0.4, -0.2) is 28.6 Å². The summed E-state index contributed by atoms with van der Waals surface area (Å²) in [6, 6.07) is 11.4. The number of nitrogens with zero attached hydrogens (tertiary/aromatic N) is 4. The number of halogens is 1. The van der Waals surface area contributed by atoms with Crippen molar-refractivity contribution in [3.05, 3.63) is 68.9 Å². The predicted molar refractivity (Wildman–Crippen MR) is 100 cm³/mol. The fourth-order valence-corrected chi connectivity index (χ4v) is 2.83. The smallest absolute Gasteiger partial charge is 0.268 e. The van der Waals surface area contributed by atoms with Crippen molar-refractivity contribution in [2.45, 2.75) is 0 Å². The average molecular weight is 418 g/mol. The zero-order valence-corrected chi connectivity index (χ0v) is 14.9. The molecule has 0 radical (unpaired) electrons. The summed E-state index contributed by atoms with van der Waals surface area (Å²) in [4.78, 5) is 23.1. The van der Waals surface area contributed by atoms with E-state index in [9.17, 15) is 4.79 Å². The summed E-state index contributed by atoms with van der Waals surface area (Å²) in [7, 11) is 3.94. The molecule has 2 aromatic heterocycles. The van der Waals surface area contributed by atoms with Crippen LogP contribution < -0.4 is 10.5 Å². The Morgan fingerprint density at radius 1 is 1.09 bits per heavy atom. The lowest BCUT2D eigenvalue weighted by Gasteiger charge is -2.15. The van der Waals surface area contributed by atoms with Gasteiger partial charge in [-0.3, -0.25) is 9.36 Å². The third-order valence-electron chi connectivity index (χ3n) is 3.42. The highest BCUT2D eigenvalue weighted by atomic mass is 127. The van der Waals surface area contributed by atoms with Gasteiger partial charge in [-0.1, -0.05) is 6.07 Å². The van der Waals surface area contributed by atoms with E-state index in [4.69, 9.17) is 0 Å². The highest BCUT2D eigenvalue weighted by Gasteiger charge is 2.10. The van der Waals surface area contributed by atoms with E-state index in [1.54, 1.807) is 29.2 Å². The fraction of sp³-hybridized carbons (Fsp3) is 0.118. The summed E-state index contributed by atoms with van der Waals surface area (Å²) < 4.78 is 2.27. The van der Waals surface area contributed by atoms with E-state index in [0.29, 0.717) is 9.39 Å². The minimum Gasteiger partial charge on any atom is -0.378 e. The van der Waals surface area contributed by atoms with Crippen LogP contribution in [0.15, 0.2) is 59.8 Å². The van der Waals surface area contributed by atoms with Crippen LogP contribution in [0.1, 0.15) is 0 Å². The number of benzene rings is 1. The Labute approximate surface area is 147 Å². The molecule has 0 bridgehead atoms. The molecule has 0 fully saturated rings. The van der Waals surface area contributed by atoms with Crippen LogP contribution in [0.25, 0.3) is 17.1 Å². The molecule has 0 unspecified atom stereocenters. The zero-order valence-electron chi connectivity index (χ0n) is 12.8.